The zero-order valence-electron chi connectivity index (χ0n) is 27.0. The van der Waals surface area contributed by atoms with E-state index < -0.39 is 41.1 Å². The average Bonchev–Trinajstić information content (AvgIpc) is 3.25. The first-order valence-corrected chi connectivity index (χ1v) is 15.5. The number of benzene rings is 3. The van der Waals surface area contributed by atoms with E-state index >= 15 is 0 Å². The minimum absolute atomic E-state index is 0.243. The van der Waals surface area contributed by atoms with Crippen molar-refractivity contribution < 1.29 is 23.9 Å². The van der Waals surface area contributed by atoms with Crippen molar-refractivity contribution in [1.82, 2.24) is 10.6 Å². The quantitative estimate of drug-likeness (QED) is 0.240. The molecule has 0 spiro atoms. The zero-order chi connectivity index (χ0) is 32.1. The van der Waals surface area contributed by atoms with Crippen LogP contribution in [-0.4, -0.2) is 35.7 Å². The molecule has 0 unspecified atom stereocenters. The molecule has 7 nitrogen and oxygen atoms in total. The molecule has 4 atom stereocenters. The second-order valence-corrected chi connectivity index (χ2v) is 13.4. The van der Waals surface area contributed by atoms with Gasteiger partial charge in [-0.05, 0) is 60.8 Å². The number of hydrogen-bond donors (Lipinski definition) is 2. The molecular formula is C37H46N2O5. The number of ether oxygens (including phenoxy) is 2. The molecular weight excluding hydrogens is 552 g/mol. The van der Waals surface area contributed by atoms with E-state index in [0.29, 0.717) is 12.8 Å². The van der Waals surface area contributed by atoms with Crippen LogP contribution in [0.3, 0.4) is 0 Å². The Morgan fingerprint density at radius 2 is 1.57 bits per heavy atom. The minimum Gasteiger partial charge on any atom is -0.432 e. The zero-order valence-corrected chi connectivity index (χ0v) is 27.0. The maximum absolute atomic E-state index is 13.9. The maximum Gasteiger partial charge on any atom is 0.338 e. The first kappa shape index (κ1) is 32.9. The summed E-state index contributed by atoms with van der Waals surface area (Å²) in [6, 6.07) is 25.4. The highest BCUT2D eigenvalue weighted by Gasteiger charge is 2.48. The van der Waals surface area contributed by atoms with E-state index in [1.807, 2.05) is 58.0 Å². The van der Waals surface area contributed by atoms with Crippen LogP contribution in [0.4, 0.5) is 0 Å². The van der Waals surface area contributed by atoms with Crippen LogP contribution in [0.5, 0.6) is 0 Å². The van der Waals surface area contributed by atoms with E-state index in [-0.39, 0.29) is 11.9 Å². The Balaban J connectivity index is 1.47. The molecule has 0 radical (unpaired) electrons. The number of amides is 2. The van der Waals surface area contributed by atoms with Crippen molar-refractivity contribution in [3.63, 3.8) is 0 Å². The summed E-state index contributed by atoms with van der Waals surface area (Å²) in [6.45, 7) is 13.0. The van der Waals surface area contributed by atoms with Gasteiger partial charge >= 0.3 is 5.97 Å². The van der Waals surface area contributed by atoms with Crippen molar-refractivity contribution in [3.8, 4) is 11.1 Å². The summed E-state index contributed by atoms with van der Waals surface area (Å²) in [4.78, 5) is 40.3. The van der Waals surface area contributed by atoms with Crippen LogP contribution in [0.2, 0.25) is 0 Å². The summed E-state index contributed by atoms with van der Waals surface area (Å²) in [7, 11) is 0. The molecule has 1 fully saturated rings. The molecule has 1 heterocycles. The number of rotatable bonds is 11. The van der Waals surface area contributed by atoms with Crippen molar-refractivity contribution in [3.05, 3.63) is 95.6 Å². The molecule has 234 valence electrons. The number of nitrogens with one attached hydrogen (secondary N) is 2. The Morgan fingerprint density at radius 1 is 0.886 bits per heavy atom. The van der Waals surface area contributed by atoms with Gasteiger partial charge in [0.15, 0.2) is 6.10 Å². The Hall–Kier alpha value is -3.97. The average molecular weight is 599 g/mol. The summed E-state index contributed by atoms with van der Waals surface area (Å²) in [5.74, 6) is -3.20. The van der Waals surface area contributed by atoms with E-state index in [0.717, 1.165) is 23.1 Å². The molecule has 1 aliphatic heterocycles. The Bertz CT molecular complexity index is 1440. The van der Waals surface area contributed by atoms with Crippen LogP contribution in [0.25, 0.3) is 11.1 Å². The van der Waals surface area contributed by atoms with Crippen molar-refractivity contribution in [1.29, 1.82) is 0 Å². The van der Waals surface area contributed by atoms with Crippen molar-refractivity contribution in [2.24, 2.45) is 11.3 Å². The van der Waals surface area contributed by atoms with E-state index in [2.05, 4.69) is 66.1 Å². The fourth-order valence-corrected chi connectivity index (χ4v) is 5.61. The van der Waals surface area contributed by atoms with Gasteiger partial charge in [-0.2, -0.15) is 0 Å². The largest absolute Gasteiger partial charge is 0.432 e. The van der Waals surface area contributed by atoms with E-state index in [1.54, 1.807) is 13.8 Å². The van der Waals surface area contributed by atoms with Gasteiger partial charge < -0.3 is 20.1 Å². The lowest BCUT2D eigenvalue weighted by Crippen LogP contribution is -2.56. The predicted molar refractivity (Wildman–Crippen MR) is 172 cm³/mol. The predicted octanol–water partition coefficient (Wildman–Crippen LogP) is 6.69. The Morgan fingerprint density at radius 3 is 2.16 bits per heavy atom. The fourth-order valence-electron chi connectivity index (χ4n) is 5.61. The lowest BCUT2D eigenvalue weighted by Gasteiger charge is -2.33. The second-order valence-electron chi connectivity index (χ2n) is 13.4. The van der Waals surface area contributed by atoms with E-state index in [4.69, 9.17) is 9.47 Å². The number of carbonyl (C=O) groups is 3. The maximum atomic E-state index is 13.9. The molecule has 0 saturated carbocycles. The summed E-state index contributed by atoms with van der Waals surface area (Å²) in [6.07, 6.45) is 0.703. The SMILES string of the molecule is Cc1cccc(-c2ccc(CCC[C@@H](C(=O)N[C@H](C(=O)N[C@H](C)c3ccccc3)C(C)(C)C)[C@@H]3OC(C)(C)OC3=O)cc2)c1. The van der Waals surface area contributed by atoms with Gasteiger partial charge in [0.25, 0.3) is 0 Å². The van der Waals surface area contributed by atoms with Gasteiger partial charge in [0.1, 0.15) is 6.04 Å². The summed E-state index contributed by atoms with van der Waals surface area (Å²) >= 11 is 0. The molecule has 0 aromatic heterocycles. The van der Waals surface area contributed by atoms with Crippen molar-refractivity contribution >= 4 is 17.8 Å². The van der Waals surface area contributed by atoms with Gasteiger partial charge in [-0.3, -0.25) is 9.59 Å². The van der Waals surface area contributed by atoms with Gasteiger partial charge in [-0.15, -0.1) is 0 Å². The first-order valence-electron chi connectivity index (χ1n) is 15.5. The molecule has 44 heavy (non-hydrogen) atoms. The number of carbonyl (C=O) groups excluding carboxylic acids is 3. The van der Waals surface area contributed by atoms with Crippen molar-refractivity contribution in [2.75, 3.05) is 0 Å². The molecule has 3 aromatic rings. The Kier molecular flexibility index (Phi) is 10.3. The van der Waals surface area contributed by atoms with Gasteiger partial charge in [-0.1, -0.05) is 105 Å². The van der Waals surface area contributed by atoms with E-state index in [1.165, 1.54) is 11.1 Å². The molecule has 0 aliphatic carbocycles. The molecule has 1 aliphatic rings. The smallest absolute Gasteiger partial charge is 0.338 e. The summed E-state index contributed by atoms with van der Waals surface area (Å²) < 4.78 is 11.4. The van der Waals surface area contributed by atoms with E-state index in [9.17, 15) is 14.4 Å². The Labute approximate surface area is 261 Å². The van der Waals surface area contributed by atoms with Crippen LogP contribution < -0.4 is 10.6 Å². The third-order valence-corrected chi connectivity index (χ3v) is 8.05. The molecule has 2 N–H and O–H groups in total. The van der Waals surface area contributed by atoms with Crippen LogP contribution in [-0.2, 0) is 30.3 Å². The molecule has 3 aromatic carbocycles. The normalized spacial score (nSPS) is 18.2. The van der Waals surface area contributed by atoms with Crippen LogP contribution in [0.15, 0.2) is 78.9 Å². The first-order chi connectivity index (χ1) is 20.7. The molecule has 0 bridgehead atoms. The minimum atomic E-state index is -1.13. The molecule has 4 rings (SSSR count). The standard InChI is InChI=1S/C37H46N2O5/c1-24-13-11-17-29(23-24)28-21-19-26(20-22-28)14-12-18-30(31-35(42)44-37(6,7)43-31)33(40)39-32(36(3,4)5)34(41)38-25(2)27-15-9-8-10-16-27/h8-11,13,15-17,19-23,25,30-32H,12,14,18H2,1-7H3,(H,38,41)(H,39,40)/t25-,30-,31+,32-/m1/s1. The molecule has 1 saturated heterocycles. The number of esters is 1. The topological polar surface area (TPSA) is 93.7 Å². The lowest BCUT2D eigenvalue weighted by molar-refractivity contribution is -0.162. The highest BCUT2D eigenvalue weighted by atomic mass is 16.8. The van der Waals surface area contributed by atoms with Crippen LogP contribution in [0, 0.1) is 18.3 Å². The third kappa shape index (κ3) is 8.56. The monoisotopic (exact) mass is 598 g/mol. The fraction of sp³-hybridized carbons (Fsp3) is 0.432. The summed E-state index contributed by atoms with van der Waals surface area (Å²) in [5, 5.41) is 6.02. The summed E-state index contributed by atoms with van der Waals surface area (Å²) in [5.41, 5.74) is 5.04. The van der Waals surface area contributed by atoms with Gasteiger partial charge in [0.05, 0.1) is 12.0 Å². The van der Waals surface area contributed by atoms with Gasteiger partial charge in [-0.25, -0.2) is 4.79 Å². The second kappa shape index (κ2) is 13.8. The van der Waals surface area contributed by atoms with Crippen molar-refractivity contribution in [2.45, 2.75) is 91.7 Å². The van der Waals surface area contributed by atoms with Crippen LogP contribution >= 0.6 is 0 Å². The van der Waals surface area contributed by atoms with Gasteiger partial charge in [0, 0.05) is 13.8 Å². The highest BCUT2D eigenvalue weighted by Crippen LogP contribution is 2.32. The molecule has 2 amide bonds. The van der Waals surface area contributed by atoms with Crippen LogP contribution in [0.1, 0.15) is 77.1 Å². The number of hydrogen-bond acceptors (Lipinski definition) is 5. The highest BCUT2D eigenvalue weighted by molar-refractivity contribution is 5.92. The molecule has 7 heteroatoms. The van der Waals surface area contributed by atoms with Gasteiger partial charge in [0.2, 0.25) is 17.6 Å². The lowest BCUT2D eigenvalue weighted by atomic mass is 9.84. The number of aryl methyl sites for hydroxylation is 2. The number of cyclic esters (lactones) is 1. The third-order valence-electron chi connectivity index (χ3n) is 8.05.